The van der Waals surface area contributed by atoms with Crippen molar-refractivity contribution in [2.24, 2.45) is 10.9 Å². The minimum Gasteiger partial charge on any atom is -0.446 e. The molecular weight excluding hydrogens is 282 g/mol. The molecule has 108 valence electrons. The van der Waals surface area contributed by atoms with E-state index in [1.165, 1.54) is 17.3 Å². The fraction of sp³-hybridized carbons (Fsp3) is 0.294. The molecule has 0 bridgehead atoms. The summed E-state index contributed by atoms with van der Waals surface area (Å²) in [6.07, 6.45) is 1.35. The largest absolute Gasteiger partial charge is 0.446 e. The molecule has 1 aromatic carbocycles. The molecule has 0 unspecified atom stereocenters. The first kappa shape index (κ1) is 14.1. The van der Waals surface area contributed by atoms with Crippen molar-refractivity contribution in [1.82, 2.24) is 0 Å². The standard InChI is InChI=1S/C17H17NO2S/c1-11(2)9-14(19)15-7-8-17(20-15)21-16-10-12-5-3-4-6-13(12)18-16/h3-8,11H,9-10H2,1-2H3. The van der Waals surface area contributed by atoms with Crippen LogP contribution in [0.4, 0.5) is 5.69 Å². The second-order valence-corrected chi connectivity index (χ2v) is 6.63. The summed E-state index contributed by atoms with van der Waals surface area (Å²) < 4.78 is 5.64. The lowest BCUT2D eigenvalue weighted by Gasteiger charge is -2.00. The molecule has 0 amide bonds. The van der Waals surface area contributed by atoms with Crippen LogP contribution < -0.4 is 0 Å². The van der Waals surface area contributed by atoms with Gasteiger partial charge in [-0.15, -0.1) is 0 Å². The molecule has 0 N–H and O–H groups in total. The van der Waals surface area contributed by atoms with Crippen LogP contribution in [0.1, 0.15) is 36.4 Å². The van der Waals surface area contributed by atoms with Crippen LogP contribution in [0, 0.1) is 5.92 Å². The van der Waals surface area contributed by atoms with Crippen LogP contribution in [0.3, 0.4) is 0 Å². The van der Waals surface area contributed by atoms with Crippen LogP contribution in [0.25, 0.3) is 0 Å². The van der Waals surface area contributed by atoms with Gasteiger partial charge >= 0.3 is 0 Å². The number of carbonyl (C=O) groups is 1. The fourth-order valence-corrected chi connectivity index (χ4v) is 3.15. The second kappa shape index (κ2) is 5.90. The van der Waals surface area contributed by atoms with E-state index in [4.69, 9.17) is 4.42 Å². The number of fused-ring (bicyclic) bond motifs is 1. The van der Waals surface area contributed by atoms with Crippen LogP contribution in [0.2, 0.25) is 0 Å². The molecule has 1 aliphatic heterocycles. The molecule has 2 aromatic rings. The molecule has 4 heteroatoms. The number of carbonyl (C=O) groups excluding carboxylic acids is 1. The Balaban J connectivity index is 1.68. The number of thioether (sulfide) groups is 1. The van der Waals surface area contributed by atoms with Crippen molar-refractivity contribution < 1.29 is 9.21 Å². The van der Waals surface area contributed by atoms with E-state index in [0.29, 0.717) is 18.1 Å². The van der Waals surface area contributed by atoms with Gasteiger partial charge in [-0.1, -0.05) is 32.0 Å². The Hall–Kier alpha value is -1.81. The van der Waals surface area contributed by atoms with Gasteiger partial charge in [-0.25, -0.2) is 4.99 Å². The summed E-state index contributed by atoms with van der Waals surface area (Å²) >= 11 is 1.50. The van der Waals surface area contributed by atoms with Gasteiger partial charge in [0.2, 0.25) is 0 Å². The minimum absolute atomic E-state index is 0.0634. The number of benzene rings is 1. The summed E-state index contributed by atoms with van der Waals surface area (Å²) in [7, 11) is 0. The number of ketones is 1. The van der Waals surface area contributed by atoms with E-state index in [-0.39, 0.29) is 5.78 Å². The highest BCUT2D eigenvalue weighted by Gasteiger charge is 2.18. The average molecular weight is 299 g/mol. The summed E-state index contributed by atoms with van der Waals surface area (Å²) in [5.74, 6) is 0.850. The molecule has 0 aliphatic carbocycles. The third-order valence-corrected chi connectivity index (χ3v) is 4.14. The van der Waals surface area contributed by atoms with E-state index in [2.05, 4.69) is 11.1 Å². The van der Waals surface area contributed by atoms with Gasteiger partial charge in [-0.3, -0.25) is 4.79 Å². The normalized spacial score (nSPS) is 13.4. The van der Waals surface area contributed by atoms with Crippen LogP contribution in [-0.2, 0) is 6.42 Å². The van der Waals surface area contributed by atoms with Crippen molar-refractivity contribution >= 4 is 28.3 Å². The number of hydrogen-bond donors (Lipinski definition) is 0. The predicted molar refractivity (Wildman–Crippen MR) is 85.6 cm³/mol. The Kier molecular flexibility index (Phi) is 3.97. The zero-order valence-electron chi connectivity index (χ0n) is 12.1. The Bertz CT molecular complexity index is 700. The maximum absolute atomic E-state index is 12.0. The summed E-state index contributed by atoms with van der Waals surface area (Å²) in [6, 6.07) is 11.7. The molecule has 1 aliphatic rings. The van der Waals surface area contributed by atoms with Gasteiger partial charge in [0, 0.05) is 12.8 Å². The molecular formula is C17H17NO2S. The van der Waals surface area contributed by atoms with E-state index >= 15 is 0 Å². The molecule has 21 heavy (non-hydrogen) atoms. The lowest BCUT2D eigenvalue weighted by Crippen LogP contribution is -2.01. The zero-order chi connectivity index (χ0) is 14.8. The number of rotatable bonds is 4. The number of para-hydroxylation sites is 1. The van der Waals surface area contributed by atoms with E-state index in [1.807, 2.05) is 38.1 Å². The monoisotopic (exact) mass is 299 g/mol. The van der Waals surface area contributed by atoms with Crippen LogP contribution in [0.5, 0.6) is 0 Å². The average Bonchev–Trinajstić information content (AvgIpc) is 3.04. The van der Waals surface area contributed by atoms with Crippen LogP contribution >= 0.6 is 11.8 Å². The van der Waals surface area contributed by atoms with Crippen LogP contribution in [0.15, 0.2) is 50.9 Å². The van der Waals surface area contributed by atoms with Gasteiger partial charge in [0.1, 0.15) is 0 Å². The van der Waals surface area contributed by atoms with Gasteiger partial charge in [-0.2, -0.15) is 0 Å². The molecule has 0 saturated carbocycles. The van der Waals surface area contributed by atoms with E-state index in [0.717, 1.165) is 22.2 Å². The van der Waals surface area contributed by atoms with E-state index in [9.17, 15) is 4.79 Å². The van der Waals surface area contributed by atoms with Crippen molar-refractivity contribution in [3.63, 3.8) is 0 Å². The molecule has 3 rings (SSSR count). The number of aliphatic imine (C=N–C) groups is 1. The Morgan fingerprint density at radius 1 is 1.29 bits per heavy atom. The quantitative estimate of drug-likeness (QED) is 0.755. The summed E-state index contributed by atoms with van der Waals surface area (Å²) in [6.45, 7) is 4.06. The predicted octanol–water partition coefficient (Wildman–Crippen LogP) is 4.89. The van der Waals surface area contributed by atoms with Gasteiger partial charge in [0.25, 0.3) is 0 Å². The van der Waals surface area contributed by atoms with Crippen molar-refractivity contribution in [3.8, 4) is 0 Å². The Morgan fingerprint density at radius 3 is 2.86 bits per heavy atom. The molecule has 0 radical (unpaired) electrons. The van der Waals surface area contributed by atoms with E-state index < -0.39 is 0 Å². The molecule has 1 aromatic heterocycles. The lowest BCUT2D eigenvalue weighted by atomic mass is 10.1. The summed E-state index contributed by atoms with van der Waals surface area (Å²) in [4.78, 5) is 16.5. The topological polar surface area (TPSA) is 42.6 Å². The smallest absolute Gasteiger partial charge is 0.198 e. The third-order valence-electron chi connectivity index (χ3n) is 3.25. The zero-order valence-corrected chi connectivity index (χ0v) is 12.9. The van der Waals surface area contributed by atoms with Gasteiger partial charge < -0.3 is 4.42 Å². The Labute approximate surface area is 128 Å². The first-order chi connectivity index (χ1) is 10.1. The van der Waals surface area contributed by atoms with Crippen molar-refractivity contribution in [1.29, 1.82) is 0 Å². The summed E-state index contributed by atoms with van der Waals surface area (Å²) in [5, 5.41) is 1.74. The summed E-state index contributed by atoms with van der Waals surface area (Å²) in [5.41, 5.74) is 2.27. The number of nitrogens with zero attached hydrogens (tertiary/aromatic N) is 1. The molecule has 3 nitrogen and oxygen atoms in total. The first-order valence-electron chi connectivity index (χ1n) is 7.08. The molecule has 0 spiro atoms. The number of hydrogen-bond acceptors (Lipinski definition) is 4. The van der Waals surface area contributed by atoms with Crippen molar-refractivity contribution in [2.75, 3.05) is 0 Å². The van der Waals surface area contributed by atoms with Gasteiger partial charge in [-0.05, 0) is 41.4 Å². The van der Waals surface area contributed by atoms with E-state index in [1.54, 1.807) is 6.07 Å². The maximum atomic E-state index is 12.0. The van der Waals surface area contributed by atoms with Crippen molar-refractivity contribution in [3.05, 3.63) is 47.7 Å². The Morgan fingerprint density at radius 2 is 2.10 bits per heavy atom. The van der Waals surface area contributed by atoms with Gasteiger partial charge in [0.15, 0.2) is 16.6 Å². The van der Waals surface area contributed by atoms with Gasteiger partial charge in [0.05, 0.1) is 10.7 Å². The third kappa shape index (κ3) is 3.27. The SMILES string of the molecule is CC(C)CC(=O)c1ccc(SC2=Nc3ccccc3C2)o1. The first-order valence-corrected chi connectivity index (χ1v) is 7.90. The molecule has 0 fully saturated rings. The fourth-order valence-electron chi connectivity index (χ4n) is 2.28. The lowest BCUT2D eigenvalue weighted by molar-refractivity contribution is 0.0935. The van der Waals surface area contributed by atoms with Crippen molar-refractivity contribution in [2.45, 2.75) is 31.8 Å². The number of Topliss-reactive ketones (excluding diaryl/α,β-unsaturated/α-hetero) is 1. The van der Waals surface area contributed by atoms with Crippen LogP contribution in [-0.4, -0.2) is 10.8 Å². The maximum Gasteiger partial charge on any atom is 0.198 e. The highest BCUT2D eigenvalue weighted by molar-refractivity contribution is 8.13. The molecule has 2 heterocycles. The number of furan rings is 1. The minimum atomic E-state index is 0.0634. The molecule has 0 saturated heterocycles. The highest BCUT2D eigenvalue weighted by atomic mass is 32.2. The highest BCUT2D eigenvalue weighted by Crippen LogP contribution is 2.33. The second-order valence-electron chi connectivity index (χ2n) is 5.55. The molecule has 0 atom stereocenters.